The van der Waals surface area contributed by atoms with E-state index >= 15 is 0 Å². The molecule has 0 radical (unpaired) electrons. The van der Waals surface area contributed by atoms with E-state index in [4.69, 9.17) is 10.1 Å². The van der Waals surface area contributed by atoms with Gasteiger partial charge in [0, 0.05) is 73.9 Å². The van der Waals surface area contributed by atoms with Crippen molar-refractivity contribution in [3.8, 4) is 6.07 Å². The van der Waals surface area contributed by atoms with E-state index in [9.17, 15) is 60.3 Å². The summed E-state index contributed by atoms with van der Waals surface area (Å²) in [5, 5.41) is 24.0. The molecule has 0 saturated heterocycles. The molecule has 6 heterocycles. The molecule has 0 bridgehead atoms. The third-order valence-electron chi connectivity index (χ3n) is 15.1. The smallest absolute Gasteiger partial charge is 0.336 e. The lowest BCUT2D eigenvalue weighted by Crippen LogP contribution is -2.67. The Balaban J connectivity index is 0.000000169. The monoisotopic (exact) mass is 1020 g/mol. The lowest BCUT2D eigenvalue weighted by atomic mass is 9.69. The van der Waals surface area contributed by atoms with Gasteiger partial charge in [0.15, 0.2) is 11.6 Å². The number of aromatic nitrogens is 6. The summed E-state index contributed by atoms with van der Waals surface area (Å²) in [4.78, 5) is 114. The molecule has 0 unspecified atom stereocenters. The van der Waals surface area contributed by atoms with Crippen LogP contribution in [0.15, 0.2) is 36.5 Å². The van der Waals surface area contributed by atoms with E-state index in [1.165, 1.54) is 46.0 Å². The van der Waals surface area contributed by atoms with Gasteiger partial charge in [0.25, 0.3) is 41.1 Å². The van der Waals surface area contributed by atoms with E-state index in [2.05, 4.69) is 31.2 Å². The normalized spacial score (nSPS) is 21.8. The number of pyridine rings is 1. The number of anilines is 1. The molecule has 24 heteroatoms. The molecule has 4 fully saturated rings. The molecule has 3 amide bonds. The first kappa shape index (κ1) is 49.6. The second-order valence-electron chi connectivity index (χ2n) is 20.0. The molecule has 74 heavy (non-hydrogen) atoms. The number of amides is 3. The largest absolute Gasteiger partial charge is 0.382 e. The minimum atomic E-state index is -3.10. The third kappa shape index (κ3) is 8.12. The fourth-order valence-electron chi connectivity index (χ4n) is 11.5. The molecule has 2 aliphatic heterocycles. The summed E-state index contributed by atoms with van der Waals surface area (Å²) >= 11 is 0. The minimum Gasteiger partial charge on any atom is -0.336 e. The second-order valence-corrected chi connectivity index (χ2v) is 20.0. The van der Waals surface area contributed by atoms with E-state index in [-0.39, 0.29) is 87.3 Å². The van der Waals surface area contributed by atoms with Gasteiger partial charge in [-0.1, -0.05) is 13.8 Å². The third-order valence-corrected chi connectivity index (χ3v) is 15.1. The molecule has 384 valence electrons. The predicted molar refractivity (Wildman–Crippen MR) is 245 cm³/mol. The molecule has 3 N–H and O–H groups in total. The number of carbonyl (C=O) groups excluding carboxylic acids is 8. The molecule has 1 aromatic carbocycles. The van der Waals surface area contributed by atoms with E-state index in [1.54, 1.807) is 27.3 Å². The van der Waals surface area contributed by atoms with Gasteiger partial charge in [0.05, 0.1) is 16.7 Å². The maximum absolute atomic E-state index is 13.7. The minimum absolute atomic E-state index is 0.00943. The first-order valence-corrected chi connectivity index (χ1v) is 23.9. The van der Waals surface area contributed by atoms with Crippen molar-refractivity contribution in [3.05, 3.63) is 92.9 Å². The Morgan fingerprint density at radius 1 is 0.770 bits per heavy atom. The quantitative estimate of drug-likeness (QED) is 0.0546. The number of alkyl halides is 4. The zero-order valence-corrected chi connectivity index (χ0v) is 40.0. The molecular weight excluding hydrogens is 980 g/mol. The predicted octanol–water partition coefficient (Wildman–Crippen LogP) is 5.39. The highest BCUT2D eigenvalue weighted by Gasteiger charge is 2.63. The SMILES string of the molecule is CCC(=O)C1(NC(=O)C(=O)c2c(C)c(C(=O)Nc3ccc(F)c(C#N)c3)n3c2C[C@H]2C[C@H]23)CC(F)(F)C1.CCC(=O)C1(NC(=O)C(=O)c2c(C)c(C(=O)On3nnc4cccnc43)n3c2C[C@H]2C[C@H]23)CC(F)(F)C1. The topological polar surface area (TPSA) is 259 Å². The van der Waals surface area contributed by atoms with E-state index < -0.39 is 101 Å². The van der Waals surface area contributed by atoms with Crippen molar-refractivity contribution in [2.75, 3.05) is 5.32 Å². The van der Waals surface area contributed by atoms with Crippen molar-refractivity contribution in [2.24, 2.45) is 11.8 Å². The van der Waals surface area contributed by atoms with Gasteiger partial charge in [-0.3, -0.25) is 33.6 Å². The second kappa shape index (κ2) is 17.3. The first-order chi connectivity index (χ1) is 35.0. The van der Waals surface area contributed by atoms with Crippen LogP contribution >= 0.6 is 0 Å². The molecule has 4 saturated carbocycles. The number of nitrogens with zero attached hydrogens (tertiary/aromatic N) is 7. The van der Waals surface area contributed by atoms with Crippen LogP contribution in [0.5, 0.6) is 0 Å². The number of carbonyl (C=O) groups is 8. The maximum atomic E-state index is 13.7. The molecule has 4 atom stereocenters. The summed E-state index contributed by atoms with van der Waals surface area (Å²) in [5.74, 6) is -13.3. The number of nitrogens with one attached hydrogen (secondary N) is 3. The summed E-state index contributed by atoms with van der Waals surface area (Å²) in [6, 6.07) is 8.53. The van der Waals surface area contributed by atoms with Crippen molar-refractivity contribution < 1.29 is 65.1 Å². The Hall–Kier alpha value is -7.97. The van der Waals surface area contributed by atoms with E-state index in [0.717, 1.165) is 23.8 Å². The molecule has 5 aromatic rings. The Kier molecular flexibility index (Phi) is 11.6. The van der Waals surface area contributed by atoms with Gasteiger partial charge in [-0.05, 0) is 103 Å². The zero-order chi connectivity index (χ0) is 53.1. The average molecular weight is 1020 g/mol. The molecule has 11 rings (SSSR count). The molecule has 4 aromatic heterocycles. The fourth-order valence-corrected chi connectivity index (χ4v) is 11.5. The molecular formula is C50H45F5N10O9. The lowest BCUT2D eigenvalue weighted by Gasteiger charge is -2.46. The zero-order valence-electron chi connectivity index (χ0n) is 40.0. The van der Waals surface area contributed by atoms with E-state index in [1.807, 2.05) is 0 Å². The summed E-state index contributed by atoms with van der Waals surface area (Å²) in [6.45, 7) is 6.06. The van der Waals surface area contributed by atoms with Gasteiger partial charge in [0.1, 0.15) is 39.9 Å². The number of fused-ring (bicyclic) bond motifs is 7. The summed E-state index contributed by atoms with van der Waals surface area (Å²) < 4.78 is 71.8. The highest BCUT2D eigenvalue weighted by molar-refractivity contribution is 6.45. The van der Waals surface area contributed by atoms with Crippen molar-refractivity contribution >= 4 is 63.7 Å². The van der Waals surface area contributed by atoms with Crippen molar-refractivity contribution in [3.63, 3.8) is 0 Å². The molecule has 6 aliphatic rings. The Morgan fingerprint density at radius 3 is 1.78 bits per heavy atom. The number of hydrogen-bond donors (Lipinski definition) is 3. The van der Waals surface area contributed by atoms with Crippen LogP contribution in [-0.4, -0.2) is 99.0 Å². The van der Waals surface area contributed by atoms with Crippen LogP contribution in [0.1, 0.15) is 147 Å². The Bertz CT molecular complexity index is 3390. The Labute approximate surface area is 416 Å². The lowest BCUT2D eigenvalue weighted by molar-refractivity contribution is -0.163. The van der Waals surface area contributed by atoms with Crippen molar-refractivity contribution in [1.29, 1.82) is 5.26 Å². The van der Waals surface area contributed by atoms with Crippen LogP contribution in [0.2, 0.25) is 0 Å². The van der Waals surface area contributed by atoms with Crippen molar-refractivity contribution in [1.82, 2.24) is 39.9 Å². The Morgan fingerprint density at radius 2 is 1.28 bits per heavy atom. The van der Waals surface area contributed by atoms with Crippen LogP contribution < -0.4 is 20.8 Å². The standard InChI is InChI=1S/C26H23F3N4O4.C24H22F2N6O5/c1-3-19(34)25(10-26(28,29)11-25)32-24(37)22(35)20-12(2)21(33-17-7-13(17)8-18(20)33)23(36)31-15-4-5-16(27)14(6-15)9-30;1-3-16(33)23(9-24(25,26)10-23)28-21(35)19(34)17-11(2)18(31-14-7-12(14)8-15(17)31)22(36)37-32-20-13(29-30-32)5-4-6-27-20/h4-6,13,17H,3,7-8,10-11H2,1-2H3,(H,31,36)(H,32,37);4-6,12,14H,3,7-10H2,1-2H3,(H,28,35)/t13-,17-;12-,14-/m11/s1. The summed E-state index contributed by atoms with van der Waals surface area (Å²) in [7, 11) is 0. The average Bonchev–Trinajstić information content (AvgIpc) is 4.04. The highest BCUT2D eigenvalue weighted by Crippen LogP contribution is 2.56. The van der Waals surface area contributed by atoms with Gasteiger partial charge in [-0.25, -0.2) is 31.7 Å². The number of hydrogen-bond acceptors (Lipinski definition) is 13. The number of Topliss-reactive ketones (excluding diaryl/α,β-unsaturated/α-hetero) is 4. The molecule has 0 spiro atoms. The fraction of sp³-hybridized carbons (Fsp3) is 0.440. The van der Waals surface area contributed by atoms with Crippen molar-refractivity contribution in [2.45, 2.75) is 127 Å². The van der Waals surface area contributed by atoms with Gasteiger partial charge in [-0.15, -0.1) is 5.10 Å². The van der Waals surface area contributed by atoms with Gasteiger partial charge in [0.2, 0.25) is 5.65 Å². The highest BCUT2D eigenvalue weighted by atomic mass is 19.3. The van der Waals surface area contributed by atoms with Gasteiger partial charge in [-0.2, -0.15) is 5.26 Å². The van der Waals surface area contributed by atoms with Gasteiger partial charge < -0.3 is 29.9 Å². The number of ketones is 4. The molecule has 4 aliphatic carbocycles. The summed E-state index contributed by atoms with van der Waals surface area (Å²) in [5.41, 5.74) is -1.16. The summed E-state index contributed by atoms with van der Waals surface area (Å²) in [6.07, 6.45) is 0.521. The number of halogens is 5. The first-order valence-electron chi connectivity index (χ1n) is 23.9. The number of nitriles is 1. The van der Waals surface area contributed by atoms with Crippen LogP contribution in [0, 0.1) is 42.8 Å². The molecule has 19 nitrogen and oxygen atoms in total. The van der Waals surface area contributed by atoms with Gasteiger partial charge >= 0.3 is 5.97 Å². The van der Waals surface area contributed by atoms with Crippen LogP contribution in [0.4, 0.5) is 27.6 Å². The van der Waals surface area contributed by atoms with E-state index in [0.29, 0.717) is 29.7 Å². The number of benzene rings is 1. The van der Waals surface area contributed by atoms with Crippen LogP contribution in [-0.2, 0) is 32.0 Å². The maximum Gasteiger partial charge on any atom is 0.382 e. The van der Waals surface area contributed by atoms with Crippen LogP contribution in [0.25, 0.3) is 11.2 Å². The number of rotatable bonds is 14. The van der Waals surface area contributed by atoms with Crippen LogP contribution in [0.3, 0.4) is 0 Å².